The summed E-state index contributed by atoms with van der Waals surface area (Å²) in [7, 11) is 1.61. The minimum atomic E-state index is -0.547. The molecule has 2 rings (SSSR count). The number of methoxy groups -OCH3 is 1. The second-order valence-corrected chi connectivity index (χ2v) is 4.26. The van der Waals surface area contributed by atoms with Gasteiger partial charge in [0.25, 0.3) is 5.91 Å². The van der Waals surface area contributed by atoms with Gasteiger partial charge >= 0.3 is 0 Å². The molecule has 4 N–H and O–H groups in total. The van der Waals surface area contributed by atoms with Gasteiger partial charge in [-0.15, -0.1) is 0 Å². The number of hydrogen-bond acceptors (Lipinski definition) is 4. The Morgan fingerprint density at radius 3 is 2.45 bits per heavy atom. The van der Waals surface area contributed by atoms with Gasteiger partial charge in [-0.3, -0.25) is 4.79 Å². The van der Waals surface area contributed by atoms with Crippen LogP contribution in [0.25, 0.3) is 0 Å². The Kier molecular flexibility index (Phi) is 4.10. The van der Waals surface area contributed by atoms with Crippen LogP contribution in [-0.2, 0) is 6.61 Å². The number of carbonyl (C=O) groups is 1. The molecule has 0 unspecified atom stereocenters. The molecule has 5 heteroatoms. The fourth-order valence-corrected chi connectivity index (χ4v) is 1.74. The normalized spacial score (nSPS) is 10.1. The number of ether oxygens (including phenoxy) is 2. The molecule has 1 amide bonds. The molecule has 0 aliphatic carbocycles. The van der Waals surface area contributed by atoms with Crippen molar-refractivity contribution < 1.29 is 14.3 Å². The molecule has 5 nitrogen and oxygen atoms in total. The quantitative estimate of drug-likeness (QED) is 0.814. The molecule has 0 atom stereocenters. The van der Waals surface area contributed by atoms with Crippen molar-refractivity contribution in [2.45, 2.75) is 6.61 Å². The van der Waals surface area contributed by atoms with E-state index >= 15 is 0 Å². The monoisotopic (exact) mass is 272 g/mol. The summed E-state index contributed by atoms with van der Waals surface area (Å²) in [5.74, 6) is 0.610. The molecule has 20 heavy (non-hydrogen) atoms. The highest BCUT2D eigenvalue weighted by molar-refractivity contribution is 5.96. The van der Waals surface area contributed by atoms with Crippen LogP contribution in [0, 0.1) is 0 Å². The molecular weight excluding hydrogens is 256 g/mol. The molecule has 0 bridgehead atoms. The number of nitrogens with two attached hydrogens (primary N) is 2. The predicted octanol–water partition coefficient (Wildman–Crippen LogP) is 1.96. The second-order valence-electron chi connectivity index (χ2n) is 4.26. The lowest BCUT2D eigenvalue weighted by Crippen LogP contribution is -2.13. The lowest BCUT2D eigenvalue weighted by molar-refractivity contribution is 0.0996. The summed E-state index contributed by atoms with van der Waals surface area (Å²) >= 11 is 0. The van der Waals surface area contributed by atoms with Gasteiger partial charge in [-0.2, -0.15) is 0 Å². The second kappa shape index (κ2) is 5.97. The van der Waals surface area contributed by atoms with Crippen molar-refractivity contribution in [1.29, 1.82) is 0 Å². The van der Waals surface area contributed by atoms with E-state index in [1.807, 2.05) is 24.3 Å². The number of primary amides is 1. The van der Waals surface area contributed by atoms with Crippen molar-refractivity contribution in [2.75, 3.05) is 12.8 Å². The van der Waals surface area contributed by atoms with Crippen molar-refractivity contribution in [2.24, 2.45) is 5.73 Å². The Morgan fingerprint density at radius 2 is 1.85 bits per heavy atom. The van der Waals surface area contributed by atoms with Gasteiger partial charge in [-0.25, -0.2) is 0 Å². The maximum Gasteiger partial charge on any atom is 0.252 e. The standard InChI is InChI=1S/C15H16N2O3/c1-19-12-5-2-10(3-6-12)9-20-14-8-11(16)4-7-13(14)15(17)18/h2-8H,9,16H2,1H3,(H2,17,18). The van der Waals surface area contributed by atoms with Gasteiger partial charge in [0.15, 0.2) is 0 Å². The van der Waals surface area contributed by atoms with E-state index in [9.17, 15) is 4.79 Å². The first-order valence-electron chi connectivity index (χ1n) is 6.05. The Morgan fingerprint density at radius 1 is 1.15 bits per heavy atom. The molecule has 0 heterocycles. The molecule has 2 aromatic carbocycles. The number of nitrogen functional groups attached to an aromatic ring is 1. The minimum Gasteiger partial charge on any atom is -0.497 e. The predicted molar refractivity (Wildman–Crippen MR) is 76.7 cm³/mol. The summed E-state index contributed by atoms with van der Waals surface area (Å²) in [6, 6.07) is 12.2. The van der Waals surface area contributed by atoms with Crippen LogP contribution in [0.1, 0.15) is 15.9 Å². The maximum atomic E-state index is 11.3. The van der Waals surface area contributed by atoms with Crippen LogP contribution in [0.5, 0.6) is 11.5 Å². The van der Waals surface area contributed by atoms with Crippen LogP contribution < -0.4 is 20.9 Å². The summed E-state index contributed by atoms with van der Waals surface area (Å²) in [4.78, 5) is 11.3. The third kappa shape index (κ3) is 3.20. The summed E-state index contributed by atoms with van der Waals surface area (Å²) in [6.07, 6.45) is 0. The summed E-state index contributed by atoms with van der Waals surface area (Å²) in [6.45, 7) is 0.313. The maximum absolute atomic E-state index is 11.3. The van der Waals surface area contributed by atoms with Gasteiger partial charge in [-0.05, 0) is 29.8 Å². The van der Waals surface area contributed by atoms with E-state index in [4.69, 9.17) is 20.9 Å². The van der Waals surface area contributed by atoms with E-state index in [1.165, 1.54) is 0 Å². The zero-order valence-electron chi connectivity index (χ0n) is 11.1. The van der Waals surface area contributed by atoms with Crippen LogP contribution in [0.3, 0.4) is 0 Å². The molecule has 0 aromatic heterocycles. The highest BCUT2D eigenvalue weighted by Gasteiger charge is 2.10. The largest absolute Gasteiger partial charge is 0.497 e. The molecule has 0 aliphatic heterocycles. The van der Waals surface area contributed by atoms with Crippen molar-refractivity contribution in [3.05, 3.63) is 53.6 Å². The molecule has 0 radical (unpaired) electrons. The van der Waals surface area contributed by atoms with Gasteiger partial charge in [0.05, 0.1) is 12.7 Å². The van der Waals surface area contributed by atoms with Crippen LogP contribution >= 0.6 is 0 Å². The van der Waals surface area contributed by atoms with Crippen LogP contribution in [0.4, 0.5) is 5.69 Å². The molecule has 0 saturated heterocycles. The number of benzene rings is 2. The Balaban J connectivity index is 2.13. The topological polar surface area (TPSA) is 87.6 Å². The van der Waals surface area contributed by atoms with Crippen molar-refractivity contribution in [1.82, 2.24) is 0 Å². The lowest BCUT2D eigenvalue weighted by atomic mass is 10.1. The highest BCUT2D eigenvalue weighted by Crippen LogP contribution is 2.23. The third-order valence-electron chi connectivity index (χ3n) is 2.82. The van der Waals surface area contributed by atoms with Crippen LogP contribution in [-0.4, -0.2) is 13.0 Å². The Bertz CT molecular complexity index is 609. The van der Waals surface area contributed by atoms with Gasteiger partial charge in [0.2, 0.25) is 0 Å². The van der Waals surface area contributed by atoms with Crippen molar-refractivity contribution in [3.63, 3.8) is 0 Å². The van der Waals surface area contributed by atoms with E-state index in [2.05, 4.69) is 0 Å². The van der Waals surface area contributed by atoms with E-state index in [1.54, 1.807) is 25.3 Å². The van der Waals surface area contributed by atoms with E-state index in [-0.39, 0.29) is 0 Å². The lowest BCUT2D eigenvalue weighted by Gasteiger charge is -2.10. The minimum absolute atomic E-state index is 0.313. The highest BCUT2D eigenvalue weighted by atomic mass is 16.5. The smallest absolute Gasteiger partial charge is 0.252 e. The molecule has 2 aromatic rings. The molecule has 0 fully saturated rings. The van der Waals surface area contributed by atoms with E-state index in [0.29, 0.717) is 23.6 Å². The Hall–Kier alpha value is -2.69. The number of anilines is 1. The van der Waals surface area contributed by atoms with E-state index < -0.39 is 5.91 Å². The zero-order valence-corrected chi connectivity index (χ0v) is 11.1. The molecule has 104 valence electrons. The summed E-state index contributed by atoms with van der Waals surface area (Å²) in [5.41, 5.74) is 12.8. The molecular formula is C15H16N2O3. The fourth-order valence-electron chi connectivity index (χ4n) is 1.74. The molecule has 0 aliphatic rings. The number of hydrogen-bond donors (Lipinski definition) is 2. The summed E-state index contributed by atoms with van der Waals surface area (Å²) in [5, 5.41) is 0. The van der Waals surface area contributed by atoms with Gasteiger partial charge < -0.3 is 20.9 Å². The van der Waals surface area contributed by atoms with Gasteiger partial charge in [0, 0.05) is 11.8 Å². The van der Waals surface area contributed by atoms with Crippen LogP contribution in [0.15, 0.2) is 42.5 Å². The summed E-state index contributed by atoms with van der Waals surface area (Å²) < 4.78 is 10.7. The molecule has 0 saturated carbocycles. The van der Waals surface area contributed by atoms with Crippen LogP contribution in [0.2, 0.25) is 0 Å². The fraction of sp³-hybridized carbons (Fsp3) is 0.133. The van der Waals surface area contributed by atoms with E-state index in [0.717, 1.165) is 11.3 Å². The molecule has 0 spiro atoms. The first kappa shape index (κ1) is 13.7. The number of carbonyl (C=O) groups excluding carboxylic acids is 1. The number of amides is 1. The average molecular weight is 272 g/mol. The van der Waals surface area contributed by atoms with Gasteiger partial charge in [-0.1, -0.05) is 12.1 Å². The van der Waals surface area contributed by atoms with Crippen molar-refractivity contribution >= 4 is 11.6 Å². The SMILES string of the molecule is COc1ccc(COc2cc(N)ccc2C(N)=O)cc1. The first-order valence-corrected chi connectivity index (χ1v) is 6.05. The van der Waals surface area contributed by atoms with Gasteiger partial charge in [0.1, 0.15) is 18.1 Å². The zero-order chi connectivity index (χ0) is 14.5. The average Bonchev–Trinajstić information content (AvgIpc) is 2.45. The third-order valence-corrected chi connectivity index (χ3v) is 2.82. The van der Waals surface area contributed by atoms with Crippen molar-refractivity contribution in [3.8, 4) is 11.5 Å². The number of rotatable bonds is 5. The Labute approximate surface area is 117 Å². The first-order chi connectivity index (χ1) is 9.60.